The van der Waals surface area contributed by atoms with Gasteiger partial charge in [-0.05, 0) is 42.9 Å². The predicted molar refractivity (Wildman–Crippen MR) is 123 cm³/mol. The monoisotopic (exact) mass is 417 g/mol. The molecule has 0 saturated carbocycles. The summed E-state index contributed by atoms with van der Waals surface area (Å²) in [7, 11) is 1.68. The van der Waals surface area contributed by atoms with E-state index in [1.54, 1.807) is 7.05 Å². The fourth-order valence-corrected chi connectivity index (χ4v) is 3.40. The molecule has 7 heteroatoms. The Morgan fingerprint density at radius 1 is 1.27 bits per heavy atom. The molecule has 0 aliphatic carbocycles. The van der Waals surface area contributed by atoms with Crippen molar-refractivity contribution in [1.82, 2.24) is 20.9 Å². The lowest BCUT2D eigenvalue weighted by molar-refractivity contribution is -0.122. The van der Waals surface area contributed by atoms with Crippen LogP contribution >= 0.6 is 0 Å². The Labute approximate surface area is 181 Å². The quantitative estimate of drug-likeness (QED) is 0.343. The van der Waals surface area contributed by atoms with E-state index in [1.807, 2.05) is 12.1 Å². The minimum atomic E-state index is 0.0735. The van der Waals surface area contributed by atoms with Gasteiger partial charge in [-0.2, -0.15) is 0 Å². The van der Waals surface area contributed by atoms with Gasteiger partial charge in [-0.3, -0.25) is 9.69 Å². The summed E-state index contributed by atoms with van der Waals surface area (Å²) >= 11 is 0. The number of piperidine rings is 1. The molecule has 1 aliphatic heterocycles. The molecule has 0 aromatic heterocycles. The third-order valence-electron chi connectivity index (χ3n) is 5.25. The number of nitrogens with one attached hydrogen (secondary N) is 3. The number of likely N-dealkylation sites (N-methyl/N-ethyl adjacent to an activating group) is 1. The second kappa shape index (κ2) is 11.8. The van der Waals surface area contributed by atoms with Crippen molar-refractivity contribution in [2.24, 2.45) is 4.99 Å². The first-order valence-corrected chi connectivity index (χ1v) is 11.0. The molecule has 1 amide bonds. The Balaban J connectivity index is 1.79. The number of carbonyl (C=O) groups is 1. The number of ether oxygens (including phenoxy) is 1. The maximum absolute atomic E-state index is 11.5. The molecule has 2 rings (SSSR count). The zero-order valence-corrected chi connectivity index (χ0v) is 19.3. The lowest BCUT2D eigenvalue weighted by atomic mass is 9.87. The van der Waals surface area contributed by atoms with Crippen molar-refractivity contribution < 1.29 is 9.53 Å². The molecule has 1 heterocycles. The van der Waals surface area contributed by atoms with Crippen LogP contribution in [0.4, 0.5) is 0 Å². The molecule has 7 nitrogen and oxygen atoms in total. The Kier molecular flexibility index (Phi) is 9.43. The highest BCUT2D eigenvalue weighted by molar-refractivity contribution is 5.80. The zero-order valence-electron chi connectivity index (χ0n) is 19.3. The molecule has 1 saturated heterocycles. The molecule has 3 N–H and O–H groups in total. The van der Waals surface area contributed by atoms with E-state index in [4.69, 9.17) is 4.74 Å². The van der Waals surface area contributed by atoms with Crippen molar-refractivity contribution in [3.8, 4) is 5.75 Å². The number of amides is 1. The number of nitrogens with zero attached hydrogens (tertiary/aromatic N) is 2. The van der Waals surface area contributed by atoms with E-state index in [0.717, 1.165) is 44.2 Å². The van der Waals surface area contributed by atoms with Gasteiger partial charge in [0, 0.05) is 32.7 Å². The smallest absolute Gasteiger partial charge is 0.233 e. The van der Waals surface area contributed by atoms with Crippen LogP contribution in [0, 0.1) is 0 Å². The molecule has 0 bridgehead atoms. The van der Waals surface area contributed by atoms with E-state index in [1.165, 1.54) is 5.56 Å². The third kappa shape index (κ3) is 8.22. The number of rotatable bonds is 8. The summed E-state index contributed by atoms with van der Waals surface area (Å²) in [6.07, 6.45) is 2.00. The number of likely N-dealkylation sites (tertiary alicyclic amines) is 1. The van der Waals surface area contributed by atoms with Crippen LogP contribution in [0.25, 0.3) is 0 Å². The average molecular weight is 418 g/mol. The second-order valence-electron chi connectivity index (χ2n) is 8.75. The number of hydrogen-bond acceptors (Lipinski definition) is 4. The first kappa shape index (κ1) is 24.0. The van der Waals surface area contributed by atoms with Crippen molar-refractivity contribution in [3.05, 3.63) is 29.8 Å². The van der Waals surface area contributed by atoms with Crippen LogP contribution < -0.4 is 20.7 Å². The number of guanidine groups is 1. The van der Waals surface area contributed by atoms with E-state index in [2.05, 4.69) is 65.7 Å². The Hall–Kier alpha value is -2.28. The summed E-state index contributed by atoms with van der Waals surface area (Å²) in [5.74, 6) is 1.79. The van der Waals surface area contributed by atoms with E-state index in [0.29, 0.717) is 25.7 Å². The fraction of sp³-hybridized carbons (Fsp3) is 0.652. The lowest BCUT2D eigenvalue weighted by Gasteiger charge is -2.32. The second-order valence-corrected chi connectivity index (χ2v) is 8.75. The molecule has 0 spiro atoms. The minimum Gasteiger partial charge on any atom is -0.492 e. The maximum Gasteiger partial charge on any atom is 0.233 e. The van der Waals surface area contributed by atoms with Crippen LogP contribution in [0.15, 0.2) is 29.3 Å². The SMILES string of the molecule is CCNC(=NCCOc1cccc(C(C)(C)C)c1)NC1CCN(CC(=O)NC)CC1. The van der Waals surface area contributed by atoms with Crippen LogP contribution in [0.2, 0.25) is 0 Å². The minimum absolute atomic E-state index is 0.0735. The molecule has 168 valence electrons. The number of aliphatic imine (C=N–C) groups is 1. The van der Waals surface area contributed by atoms with Gasteiger partial charge in [0.2, 0.25) is 5.91 Å². The van der Waals surface area contributed by atoms with Gasteiger partial charge in [-0.25, -0.2) is 4.99 Å². The van der Waals surface area contributed by atoms with Gasteiger partial charge in [0.1, 0.15) is 12.4 Å². The van der Waals surface area contributed by atoms with Crippen LogP contribution in [-0.4, -0.2) is 69.2 Å². The maximum atomic E-state index is 11.5. The van der Waals surface area contributed by atoms with Crippen molar-refractivity contribution in [2.45, 2.75) is 52.0 Å². The summed E-state index contributed by atoms with van der Waals surface area (Å²) in [5, 5.41) is 9.53. The summed E-state index contributed by atoms with van der Waals surface area (Å²) in [6.45, 7) is 12.9. The Morgan fingerprint density at radius 3 is 2.63 bits per heavy atom. The Morgan fingerprint density at radius 2 is 2.00 bits per heavy atom. The van der Waals surface area contributed by atoms with Gasteiger partial charge >= 0.3 is 0 Å². The van der Waals surface area contributed by atoms with Crippen molar-refractivity contribution in [3.63, 3.8) is 0 Å². The van der Waals surface area contributed by atoms with Gasteiger partial charge in [-0.1, -0.05) is 32.9 Å². The predicted octanol–water partition coefficient (Wildman–Crippen LogP) is 2.13. The highest BCUT2D eigenvalue weighted by atomic mass is 16.5. The molecular formula is C23H39N5O2. The standard InChI is InChI=1S/C23H39N5O2/c1-6-25-22(27-19-10-13-28(14-11-19)17-21(29)24-5)26-12-15-30-20-9-7-8-18(16-20)23(2,3)4/h7-9,16,19H,6,10-15,17H2,1-5H3,(H,24,29)(H2,25,26,27). The van der Waals surface area contributed by atoms with Crippen LogP contribution in [0.5, 0.6) is 5.75 Å². The highest BCUT2D eigenvalue weighted by Crippen LogP contribution is 2.25. The zero-order chi connectivity index (χ0) is 22.0. The molecule has 1 aromatic rings. The average Bonchev–Trinajstić information content (AvgIpc) is 2.72. The lowest BCUT2D eigenvalue weighted by Crippen LogP contribution is -2.50. The molecule has 1 aromatic carbocycles. The molecule has 30 heavy (non-hydrogen) atoms. The molecule has 1 fully saturated rings. The fourth-order valence-electron chi connectivity index (χ4n) is 3.40. The van der Waals surface area contributed by atoms with Crippen molar-refractivity contribution in [1.29, 1.82) is 0 Å². The summed E-state index contributed by atoms with van der Waals surface area (Å²) in [5.41, 5.74) is 1.37. The molecule has 1 aliphatic rings. The molecule has 0 atom stereocenters. The summed E-state index contributed by atoms with van der Waals surface area (Å²) < 4.78 is 5.91. The number of carbonyl (C=O) groups excluding carboxylic acids is 1. The third-order valence-corrected chi connectivity index (χ3v) is 5.25. The summed E-state index contributed by atoms with van der Waals surface area (Å²) in [6, 6.07) is 8.65. The number of hydrogen-bond donors (Lipinski definition) is 3. The summed E-state index contributed by atoms with van der Waals surface area (Å²) in [4.78, 5) is 18.4. The van der Waals surface area contributed by atoms with Crippen molar-refractivity contribution >= 4 is 11.9 Å². The molecule has 0 radical (unpaired) electrons. The van der Waals surface area contributed by atoms with Gasteiger partial charge in [0.25, 0.3) is 0 Å². The number of benzene rings is 1. The first-order chi connectivity index (χ1) is 14.3. The normalized spacial score (nSPS) is 16.2. The van der Waals surface area contributed by atoms with Crippen LogP contribution in [-0.2, 0) is 10.2 Å². The van der Waals surface area contributed by atoms with Crippen LogP contribution in [0.1, 0.15) is 46.1 Å². The largest absolute Gasteiger partial charge is 0.492 e. The highest BCUT2D eigenvalue weighted by Gasteiger charge is 2.21. The molecule has 0 unspecified atom stereocenters. The van der Waals surface area contributed by atoms with E-state index in [-0.39, 0.29) is 11.3 Å². The van der Waals surface area contributed by atoms with Gasteiger partial charge in [-0.15, -0.1) is 0 Å². The molecular weight excluding hydrogens is 378 g/mol. The van der Waals surface area contributed by atoms with Gasteiger partial charge in [0.15, 0.2) is 5.96 Å². The van der Waals surface area contributed by atoms with E-state index >= 15 is 0 Å². The van der Waals surface area contributed by atoms with Crippen LogP contribution in [0.3, 0.4) is 0 Å². The van der Waals surface area contributed by atoms with Gasteiger partial charge in [0.05, 0.1) is 13.1 Å². The van der Waals surface area contributed by atoms with Crippen molar-refractivity contribution in [2.75, 3.05) is 46.4 Å². The first-order valence-electron chi connectivity index (χ1n) is 11.0. The van der Waals surface area contributed by atoms with Gasteiger partial charge < -0.3 is 20.7 Å². The topological polar surface area (TPSA) is 78.0 Å². The van der Waals surface area contributed by atoms with E-state index < -0.39 is 0 Å². The Bertz CT molecular complexity index is 691. The van der Waals surface area contributed by atoms with E-state index in [9.17, 15) is 4.79 Å².